The molecule has 0 fully saturated rings. The molecule has 0 aliphatic carbocycles. The van der Waals surface area contributed by atoms with Crippen molar-refractivity contribution in [2.45, 2.75) is 18.0 Å². The van der Waals surface area contributed by atoms with Crippen LogP contribution in [0, 0.1) is 0 Å². The van der Waals surface area contributed by atoms with Crippen LogP contribution in [-0.2, 0) is 23.1 Å². The van der Waals surface area contributed by atoms with Gasteiger partial charge in [0.25, 0.3) is 0 Å². The van der Waals surface area contributed by atoms with Crippen LogP contribution in [0.2, 0.25) is 0 Å². The second kappa shape index (κ2) is 5.87. The van der Waals surface area contributed by atoms with E-state index in [1.165, 1.54) is 6.07 Å². The van der Waals surface area contributed by atoms with Gasteiger partial charge in [-0.3, -0.25) is 5.10 Å². The topological polar surface area (TPSA) is 100 Å². The van der Waals surface area contributed by atoms with E-state index >= 15 is 0 Å². The minimum absolute atomic E-state index is 0.0845. The van der Waals surface area contributed by atoms with E-state index in [4.69, 9.17) is 4.42 Å². The summed E-state index contributed by atoms with van der Waals surface area (Å²) in [5.41, 5.74) is 0.749. The number of furan rings is 1. The molecule has 0 radical (unpaired) electrons. The predicted octanol–water partition coefficient (Wildman–Crippen LogP) is 0.963. The maximum Gasteiger partial charge on any atom is 0.245 e. The molecule has 2 aromatic rings. The highest BCUT2D eigenvalue weighted by Crippen LogP contribution is 2.26. The van der Waals surface area contributed by atoms with E-state index in [1.54, 1.807) is 19.4 Å². The minimum Gasteiger partial charge on any atom is -0.452 e. The molecule has 2 rings (SSSR count). The van der Waals surface area contributed by atoms with E-state index < -0.39 is 10.0 Å². The molecule has 0 saturated carbocycles. The highest BCUT2D eigenvalue weighted by molar-refractivity contribution is 9.10. The van der Waals surface area contributed by atoms with Gasteiger partial charge >= 0.3 is 0 Å². The molecule has 0 saturated heterocycles. The van der Waals surface area contributed by atoms with E-state index in [-0.39, 0.29) is 16.1 Å². The molecule has 0 amide bonds. The fraction of sp³-hybridized carbons (Fsp3) is 0.300. The number of sulfonamides is 1. The van der Waals surface area contributed by atoms with E-state index in [2.05, 4.69) is 36.2 Å². The second-order valence-electron chi connectivity index (χ2n) is 3.81. The number of H-pyrrole nitrogens is 1. The molecule has 0 spiro atoms. The summed E-state index contributed by atoms with van der Waals surface area (Å²) in [5, 5.41) is 9.25. The normalized spacial score (nSPS) is 11.9. The fourth-order valence-electron chi connectivity index (χ4n) is 1.47. The fourth-order valence-corrected chi connectivity index (χ4v) is 3.49. The van der Waals surface area contributed by atoms with Crippen molar-refractivity contribution >= 4 is 26.0 Å². The van der Waals surface area contributed by atoms with Crippen molar-refractivity contribution in [3.8, 4) is 0 Å². The summed E-state index contributed by atoms with van der Waals surface area (Å²) in [4.78, 5) is 0.0845. The third kappa shape index (κ3) is 3.44. The van der Waals surface area contributed by atoms with E-state index in [1.807, 2.05) is 0 Å². The molecule has 2 heterocycles. The first-order valence-corrected chi connectivity index (χ1v) is 7.70. The first-order chi connectivity index (χ1) is 9.03. The SMILES string of the molecule is CNCc1cc(S(=O)(=O)NCc2cn[nH]c2)c(Br)o1. The van der Waals surface area contributed by atoms with Gasteiger partial charge in [-0.05, 0) is 23.0 Å². The molecule has 0 unspecified atom stereocenters. The van der Waals surface area contributed by atoms with Crippen molar-refractivity contribution < 1.29 is 12.8 Å². The molecule has 0 bridgehead atoms. The molecule has 19 heavy (non-hydrogen) atoms. The van der Waals surface area contributed by atoms with Crippen LogP contribution >= 0.6 is 15.9 Å². The van der Waals surface area contributed by atoms with Gasteiger partial charge in [0, 0.05) is 24.4 Å². The summed E-state index contributed by atoms with van der Waals surface area (Å²) in [6.07, 6.45) is 3.18. The van der Waals surface area contributed by atoms with Gasteiger partial charge in [0.15, 0.2) is 4.67 Å². The Morgan fingerprint density at radius 3 is 2.89 bits per heavy atom. The van der Waals surface area contributed by atoms with Crippen LogP contribution in [0.3, 0.4) is 0 Å². The largest absolute Gasteiger partial charge is 0.452 e. The molecule has 7 nitrogen and oxygen atoms in total. The highest BCUT2D eigenvalue weighted by atomic mass is 79.9. The van der Waals surface area contributed by atoms with Crippen LogP contribution in [0.15, 0.2) is 32.4 Å². The first kappa shape index (κ1) is 14.3. The zero-order valence-corrected chi connectivity index (χ0v) is 12.5. The van der Waals surface area contributed by atoms with E-state index in [9.17, 15) is 8.42 Å². The Morgan fingerprint density at radius 2 is 2.26 bits per heavy atom. The zero-order chi connectivity index (χ0) is 13.9. The predicted molar refractivity (Wildman–Crippen MR) is 71.8 cm³/mol. The summed E-state index contributed by atoms with van der Waals surface area (Å²) in [7, 11) is -1.87. The average Bonchev–Trinajstić information content (AvgIpc) is 2.97. The van der Waals surface area contributed by atoms with Gasteiger partial charge in [0.05, 0.1) is 12.7 Å². The minimum atomic E-state index is -3.62. The van der Waals surface area contributed by atoms with E-state index in [0.717, 1.165) is 5.56 Å². The van der Waals surface area contributed by atoms with Gasteiger partial charge in [-0.2, -0.15) is 5.10 Å². The van der Waals surface area contributed by atoms with Crippen LogP contribution in [0.4, 0.5) is 0 Å². The zero-order valence-electron chi connectivity index (χ0n) is 10.1. The van der Waals surface area contributed by atoms with Crippen molar-refractivity contribution in [2.75, 3.05) is 7.05 Å². The monoisotopic (exact) mass is 348 g/mol. The second-order valence-corrected chi connectivity index (χ2v) is 6.27. The van der Waals surface area contributed by atoms with Gasteiger partial charge in [0.2, 0.25) is 10.0 Å². The number of aromatic amines is 1. The Hall–Kier alpha value is -1.16. The molecule has 3 N–H and O–H groups in total. The smallest absolute Gasteiger partial charge is 0.245 e. The van der Waals surface area contributed by atoms with E-state index in [0.29, 0.717) is 12.3 Å². The molecule has 104 valence electrons. The lowest BCUT2D eigenvalue weighted by Crippen LogP contribution is -2.22. The Kier molecular flexibility index (Phi) is 4.40. The number of hydrogen-bond donors (Lipinski definition) is 3. The summed E-state index contributed by atoms with van der Waals surface area (Å²) >= 11 is 3.11. The highest BCUT2D eigenvalue weighted by Gasteiger charge is 2.22. The van der Waals surface area contributed by atoms with Gasteiger partial charge in [-0.15, -0.1) is 0 Å². The van der Waals surface area contributed by atoms with Crippen molar-refractivity contribution in [2.24, 2.45) is 0 Å². The van der Waals surface area contributed by atoms with Crippen LogP contribution in [0.5, 0.6) is 0 Å². The lowest BCUT2D eigenvalue weighted by Gasteiger charge is -2.02. The van der Waals surface area contributed by atoms with Gasteiger partial charge < -0.3 is 9.73 Å². The maximum atomic E-state index is 12.1. The lowest BCUT2D eigenvalue weighted by atomic mass is 10.4. The van der Waals surface area contributed by atoms with Gasteiger partial charge in [-0.25, -0.2) is 13.1 Å². The average molecular weight is 349 g/mol. The molecule has 0 aliphatic rings. The summed E-state index contributed by atoms with van der Waals surface area (Å²) in [5.74, 6) is 0.540. The number of aromatic nitrogens is 2. The van der Waals surface area contributed by atoms with Crippen LogP contribution in [-0.4, -0.2) is 25.7 Å². The molecule has 0 aromatic carbocycles. The third-order valence-electron chi connectivity index (χ3n) is 2.37. The van der Waals surface area contributed by atoms with Crippen LogP contribution < -0.4 is 10.0 Å². The van der Waals surface area contributed by atoms with Gasteiger partial charge in [0.1, 0.15) is 10.7 Å². The molecular weight excluding hydrogens is 336 g/mol. The maximum absolute atomic E-state index is 12.1. The van der Waals surface area contributed by atoms with Crippen LogP contribution in [0.1, 0.15) is 11.3 Å². The summed E-state index contributed by atoms with van der Waals surface area (Å²) < 4.78 is 32.2. The summed E-state index contributed by atoms with van der Waals surface area (Å²) in [6, 6.07) is 1.48. The number of halogens is 1. The Labute approximate surface area is 119 Å². The van der Waals surface area contributed by atoms with Crippen molar-refractivity contribution in [3.63, 3.8) is 0 Å². The van der Waals surface area contributed by atoms with Crippen molar-refractivity contribution in [1.82, 2.24) is 20.2 Å². The number of nitrogens with zero attached hydrogens (tertiary/aromatic N) is 1. The van der Waals surface area contributed by atoms with Crippen molar-refractivity contribution in [3.05, 3.63) is 34.5 Å². The Morgan fingerprint density at radius 1 is 1.47 bits per heavy atom. The number of hydrogen-bond acceptors (Lipinski definition) is 5. The third-order valence-corrected chi connectivity index (χ3v) is 4.63. The number of rotatable bonds is 6. The molecular formula is C10H13BrN4O3S. The Bertz CT molecular complexity index is 636. The quantitative estimate of drug-likeness (QED) is 0.721. The summed E-state index contributed by atoms with van der Waals surface area (Å²) in [6.45, 7) is 0.619. The molecule has 2 aromatic heterocycles. The van der Waals surface area contributed by atoms with Gasteiger partial charge in [-0.1, -0.05) is 0 Å². The molecule has 0 aliphatic heterocycles. The Balaban J connectivity index is 2.14. The number of nitrogens with one attached hydrogen (secondary N) is 3. The molecule has 9 heteroatoms. The lowest BCUT2D eigenvalue weighted by molar-refractivity contribution is 0.470. The molecule has 0 atom stereocenters. The first-order valence-electron chi connectivity index (χ1n) is 5.43. The standard InChI is InChI=1S/C10H13BrN4O3S/c1-12-6-8-2-9(10(11)18-8)19(16,17)15-5-7-3-13-14-4-7/h2-4,12,15H,5-6H2,1H3,(H,13,14). The van der Waals surface area contributed by atoms with Crippen molar-refractivity contribution in [1.29, 1.82) is 0 Å². The van der Waals surface area contributed by atoms with Crippen LogP contribution in [0.25, 0.3) is 0 Å².